The molecule has 91 valence electrons. The lowest BCUT2D eigenvalue weighted by atomic mass is 10.1. The Bertz CT molecular complexity index is 575. The van der Waals surface area contributed by atoms with Crippen LogP contribution in [0.15, 0.2) is 48.5 Å². The predicted octanol–water partition coefficient (Wildman–Crippen LogP) is 3.45. The van der Waals surface area contributed by atoms with E-state index >= 15 is 0 Å². The number of hydrogen-bond donors (Lipinski definition) is 0. The highest BCUT2D eigenvalue weighted by Crippen LogP contribution is 2.17. The van der Waals surface area contributed by atoms with E-state index in [4.69, 9.17) is 0 Å². The molecule has 1 radical (unpaired) electrons. The van der Waals surface area contributed by atoms with E-state index in [1.165, 1.54) is 0 Å². The molecule has 0 heterocycles. The fourth-order valence-electron chi connectivity index (χ4n) is 1.85. The Hall–Kier alpha value is -2.09. The van der Waals surface area contributed by atoms with Crippen LogP contribution in [-0.2, 0) is 0 Å². The highest BCUT2D eigenvalue weighted by molar-refractivity contribution is 6.05. The number of hydrogen-bond acceptors (Lipinski definition) is 1. The van der Waals surface area contributed by atoms with E-state index in [0.29, 0.717) is 5.56 Å². The van der Waals surface area contributed by atoms with Gasteiger partial charge < -0.3 is 4.90 Å². The van der Waals surface area contributed by atoms with Crippen LogP contribution in [0.25, 0.3) is 0 Å². The number of carbonyl (C=O) groups excluding carboxylic acids is 1. The summed E-state index contributed by atoms with van der Waals surface area (Å²) >= 11 is 0. The van der Waals surface area contributed by atoms with E-state index in [1.807, 2.05) is 49.4 Å². The molecular weight excluding hydrogens is 222 g/mol. The number of anilines is 1. The fourth-order valence-corrected chi connectivity index (χ4v) is 1.85. The van der Waals surface area contributed by atoms with Gasteiger partial charge in [0.1, 0.15) is 0 Å². The molecule has 0 spiro atoms. The monoisotopic (exact) mass is 238 g/mol. The lowest BCUT2D eigenvalue weighted by Crippen LogP contribution is -2.26. The molecule has 0 fully saturated rings. The van der Waals surface area contributed by atoms with Crippen molar-refractivity contribution in [1.29, 1.82) is 0 Å². The third-order valence-corrected chi connectivity index (χ3v) is 2.87. The second kappa shape index (κ2) is 5.05. The molecule has 2 nitrogen and oxygen atoms in total. The molecule has 0 saturated heterocycles. The summed E-state index contributed by atoms with van der Waals surface area (Å²) in [5.74, 6) is -0.0221. The Kier molecular flexibility index (Phi) is 3.47. The van der Waals surface area contributed by atoms with Gasteiger partial charge in [0.2, 0.25) is 0 Å². The average Bonchev–Trinajstić information content (AvgIpc) is 2.37. The minimum Gasteiger partial charge on any atom is -0.311 e. The molecule has 0 bridgehead atoms. The van der Waals surface area contributed by atoms with Gasteiger partial charge in [-0.1, -0.05) is 24.3 Å². The van der Waals surface area contributed by atoms with Crippen LogP contribution < -0.4 is 4.90 Å². The second-order valence-corrected chi connectivity index (χ2v) is 4.40. The number of amides is 1. The van der Waals surface area contributed by atoms with Crippen molar-refractivity contribution in [3.05, 3.63) is 72.1 Å². The number of aryl methyl sites for hydroxylation is 1. The first-order valence-electron chi connectivity index (χ1n) is 5.84. The molecule has 2 rings (SSSR count). The Morgan fingerprint density at radius 1 is 1.11 bits per heavy atom. The summed E-state index contributed by atoms with van der Waals surface area (Å²) in [5.41, 5.74) is 3.54. The van der Waals surface area contributed by atoms with Crippen LogP contribution in [0, 0.1) is 13.8 Å². The third kappa shape index (κ3) is 2.59. The van der Waals surface area contributed by atoms with Gasteiger partial charge in [0.15, 0.2) is 0 Å². The van der Waals surface area contributed by atoms with E-state index < -0.39 is 0 Å². The molecule has 1 amide bonds. The van der Waals surface area contributed by atoms with Crippen molar-refractivity contribution in [2.45, 2.75) is 6.92 Å². The summed E-state index contributed by atoms with van der Waals surface area (Å²) < 4.78 is 0. The fraction of sp³-hybridized carbons (Fsp3) is 0.125. The van der Waals surface area contributed by atoms with Crippen molar-refractivity contribution in [2.24, 2.45) is 0 Å². The van der Waals surface area contributed by atoms with E-state index in [2.05, 4.69) is 6.92 Å². The van der Waals surface area contributed by atoms with Gasteiger partial charge in [-0.25, -0.2) is 0 Å². The van der Waals surface area contributed by atoms with Gasteiger partial charge in [0.05, 0.1) is 0 Å². The maximum atomic E-state index is 12.3. The van der Waals surface area contributed by atoms with Crippen molar-refractivity contribution >= 4 is 11.6 Å². The van der Waals surface area contributed by atoms with Crippen molar-refractivity contribution in [2.75, 3.05) is 11.9 Å². The molecule has 2 aromatic rings. The lowest BCUT2D eigenvalue weighted by Gasteiger charge is -2.18. The Balaban J connectivity index is 2.29. The number of rotatable bonds is 2. The van der Waals surface area contributed by atoms with Gasteiger partial charge >= 0.3 is 0 Å². The van der Waals surface area contributed by atoms with E-state index in [9.17, 15) is 4.79 Å². The first kappa shape index (κ1) is 12.4. The summed E-state index contributed by atoms with van der Waals surface area (Å²) in [6.07, 6.45) is 0. The average molecular weight is 238 g/mol. The molecule has 2 heteroatoms. The summed E-state index contributed by atoms with van der Waals surface area (Å²) in [7, 11) is 1.78. The summed E-state index contributed by atoms with van der Waals surface area (Å²) in [6, 6.07) is 15.2. The van der Waals surface area contributed by atoms with Crippen LogP contribution in [0.5, 0.6) is 0 Å². The largest absolute Gasteiger partial charge is 0.311 e. The van der Waals surface area contributed by atoms with Gasteiger partial charge in [-0.3, -0.25) is 4.79 Å². The molecular formula is C16H16NO. The van der Waals surface area contributed by atoms with Crippen LogP contribution in [0.3, 0.4) is 0 Å². The summed E-state index contributed by atoms with van der Waals surface area (Å²) in [6.45, 7) is 5.85. The van der Waals surface area contributed by atoms with Gasteiger partial charge in [0.25, 0.3) is 5.91 Å². The SMILES string of the molecule is [CH2]c1cccc(C(=O)N(C)c2cccc(C)c2)c1. The number of benzene rings is 2. The Morgan fingerprint density at radius 2 is 1.83 bits per heavy atom. The Labute approximate surface area is 108 Å². The third-order valence-electron chi connectivity index (χ3n) is 2.87. The molecule has 0 N–H and O–H groups in total. The molecule has 18 heavy (non-hydrogen) atoms. The maximum Gasteiger partial charge on any atom is 0.258 e. The van der Waals surface area contributed by atoms with Crippen molar-refractivity contribution in [3.8, 4) is 0 Å². The highest BCUT2D eigenvalue weighted by Gasteiger charge is 2.13. The molecule has 0 aliphatic heterocycles. The summed E-state index contributed by atoms with van der Waals surface area (Å²) in [5, 5.41) is 0. The van der Waals surface area contributed by atoms with Crippen molar-refractivity contribution in [1.82, 2.24) is 0 Å². The Morgan fingerprint density at radius 3 is 2.50 bits per heavy atom. The quantitative estimate of drug-likeness (QED) is 0.784. The molecule has 0 aliphatic rings. The molecule has 0 atom stereocenters. The molecule has 0 aromatic heterocycles. The van der Waals surface area contributed by atoms with E-state index in [0.717, 1.165) is 16.8 Å². The van der Waals surface area contributed by atoms with Gasteiger partial charge in [-0.15, -0.1) is 0 Å². The molecule has 0 saturated carbocycles. The van der Waals surface area contributed by atoms with Crippen molar-refractivity contribution in [3.63, 3.8) is 0 Å². The smallest absolute Gasteiger partial charge is 0.258 e. The maximum absolute atomic E-state index is 12.3. The summed E-state index contributed by atoms with van der Waals surface area (Å²) in [4.78, 5) is 14.0. The number of nitrogens with zero attached hydrogens (tertiary/aromatic N) is 1. The van der Waals surface area contributed by atoms with Gasteiger partial charge in [0, 0.05) is 18.3 Å². The lowest BCUT2D eigenvalue weighted by molar-refractivity contribution is 0.0993. The highest BCUT2D eigenvalue weighted by atomic mass is 16.2. The number of carbonyl (C=O) groups is 1. The molecule has 0 aliphatic carbocycles. The topological polar surface area (TPSA) is 20.3 Å². The molecule has 0 unspecified atom stereocenters. The van der Waals surface area contributed by atoms with Crippen molar-refractivity contribution < 1.29 is 4.79 Å². The first-order valence-corrected chi connectivity index (χ1v) is 5.84. The first-order chi connectivity index (χ1) is 8.58. The van der Waals surface area contributed by atoms with Gasteiger partial charge in [-0.2, -0.15) is 0 Å². The van der Waals surface area contributed by atoms with E-state index in [1.54, 1.807) is 18.0 Å². The predicted molar refractivity (Wildman–Crippen MR) is 74.8 cm³/mol. The van der Waals surface area contributed by atoms with Gasteiger partial charge in [-0.05, 0) is 49.2 Å². The zero-order valence-corrected chi connectivity index (χ0v) is 10.7. The van der Waals surface area contributed by atoms with Crippen LogP contribution in [0.2, 0.25) is 0 Å². The minimum absolute atomic E-state index is 0.0221. The van der Waals surface area contributed by atoms with Crippen LogP contribution in [0.4, 0.5) is 5.69 Å². The second-order valence-electron chi connectivity index (χ2n) is 4.40. The standard InChI is InChI=1S/C16H16NO/c1-12-6-4-8-14(10-12)16(18)17(3)15-9-5-7-13(2)11-15/h4-11H,1H2,2-3H3. The van der Waals surface area contributed by atoms with E-state index in [-0.39, 0.29) is 5.91 Å². The minimum atomic E-state index is -0.0221. The van der Waals surface area contributed by atoms with Crippen LogP contribution in [0.1, 0.15) is 21.5 Å². The normalized spacial score (nSPS) is 10.2. The zero-order valence-electron chi connectivity index (χ0n) is 10.7. The zero-order chi connectivity index (χ0) is 13.1. The molecule has 2 aromatic carbocycles. The van der Waals surface area contributed by atoms with Crippen LogP contribution in [-0.4, -0.2) is 13.0 Å². The van der Waals surface area contributed by atoms with Crippen LogP contribution >= 0.6 is 0 Å².